The Kier molecular flexibility index (Phi) is 6.31. The Hall–Kier alpha value is -3.27. The molecule has 2 saturated heterocycles. The van der Waals surface area contributed by atoms with Gasteiger partial charge in [0.2, 0.25) is 0 Å². The number of nitrogens with zero attached hydrogens (tertiary/aromatic N) is 4. The number of piperazine rings is 1. The number of aromatic amines is 1. The van der Waals surface area contributed by atoms with E-state index < -0.39 is 6.36 Å². The Morgan fingerprint density at radius 3 is 2.40 bits per heavy atom. The summed E-state index contributed by atoms with van der Waals surface area (Å²) in [4.78, 5) is 27.3. The number of fused-ring (bicyclic) bond motifs is 1. The Morgan fingerprint density at radius 2 is 1.74 bits per heavy atom. The van der Waals surface area contributed by atoms with E-state index in [-0.39, 0.29) is 11.7 Å². The maximum Gasteiger partial charge on any atom is 0.573 e. The van der Waals surface area contributed by atoms with Crippen LogP contribution in [0.3, 0.4) is 0 Å². The predicted molar refractivity (Wildman–Crippen MR) is 127 cm³/mol. The maximum absolute atomic E-state index is 12.9. The van der Waals surface area contributed by atoms with E-state index in [1.807, 2.05) is 12.4 Å². The number of halogens is 3. The second kappa shape index (κ2) is 9.41. The van der Waals surface area contributed by atoms with Crippen LogP contribution >= 0.6 is 0 Å². The number of ether oxygens (including phenoxy) is 1. The van der Waals surface area contributed by atoms with Gasteiger partial charge in [-0.3, -0.25) is 4.79 Å². The van der Waals surface area contributed by atoms with Crippen molar-refractivity contribution in [1.29, 1.82) is 0 Å². The van der Waals surface area contributed by atoms with Crippen LogP contribution in [0.2, 0.25) is 0 Å². The fraction of sp³-hybridized carbons (Fsp3) is 0.440. The van der Waals surface area contributed by atoms with Crippen molar-refractivity contribution >= 4 is 22.6 Å². The number of benzene rings is 1. The van der Waals surface area contributed by atoms with Gasteiger partial charge in [-0.25, -0.2) is 4.98 Å². The van der Waals surface area contributed by atoms with E-state index in [1.165, 1.54) is 29.8 Å². The molecule has 10 heteroatoms. The van der Waals surface area contributed by atoms with Crippen molar-refractivity contribution in [3.8, 4) is 5.75 Å². The van der Waals surface area contributed by atoms with E-state index >= 15 is 0 Å². The minimum absolute atomic E-state index is 0.181. The van der Waals surface area contributed by atoms with Crippen LogP contribution in [0.1, 0.15) is 34.7 Å². The number of hydrogen-bond donors (Lipinski definition) is 1. The van der Waals surface area contributed by atoms with Crippen molar-refractivity contribution in [2.45, 2.75) is 25.1 Å². The quantitative estimate of drug-likeness (QED) is 0.597. The number of carbonyl (C=O) groups is 1. The molecule has 0 saturated carbocycles. The second-order valence-electron chi connectivity index (χ2n) is 9.26. The largest absolute Gasteiger partial charge is 0.573 e. The van der Waals surface area contributed by atoms with Crippen LogP contribution < -0.4 is 9.64 Å². The van der Waals surface area contributed by atoms with E-state index in [0.717, 1.165) is 55.7 Å². The normalized spacial score (nSPS) is 18.3. The van der Waals surface area contributed by atoms with E-state index in [4.69, 9.17) is 0 Å². The summed E-state index contributed by atoms with van der Waals surface area (Å²) in [5, 5.41) is 1.13. The third-order valence-corrected chi connectivity index (χ3v) is 6.97. The van der Waals surface area contributed by atoms with Gasteiger partial charge in [0.15, 0.2) is 0 Å². The Labute approximate surface area is 201 Å². The van der Waals surface area contributed by atoms with Gasteiger partial charge < -0.3 is 24.4 Å². The average molecular weight is 488 g/mol. The highest BCUT2D eigenvalue weighted by Crippen LogP contribution is 2.35. The van der Waals surface area contributed by atoms with Crippen molar-refractivity contribution in [2.75, 3.05) is 51.2 Å². The number of pyridine rings is 1. The molecule has 1 N–H and O–H groups in total. The maximum atomic E-state index is 12.9. The van der Waals surface area contributed by atoms with Crippen molar-refractivity contribution in [3.63, 3.8) is 0 Å². The molecule has 35 heavy (non-hydrogen) atoms. The summed E-state index contributed by atoms with van der Waals surface area (Å²) in [5.41, 5.74) is 3.59. The first-order valence-electron chi connectivity index (χ1n) is 11.8. The predicted octanol–water partition coefficient (Wildman–Crippen LogP) is 4.23. The summed E-state index contributed by atoms with van der Waals surface area (Å²) in [6.07, 6.45) is 0.836. The van der Waals surface area contributed by atoms with Gasteiger partial charge in [-0.1, -0.05) is 0 Å². The Morgan fingerprint density at radius 1 is 1.06 bits per heavy atom. The molecule has 0 atom stereocenters. The van der Waals surface area contributed by atoms with Gasteiger partial charge >= 0.3 is 6.36 Å². The monoisotopic (exact) mass is 487 g/mol. The molecular weight excluding hydrogens is 459 g/mol. The minimum atomic E-state index is -4.75. The summed E-state index contributed by atoms with van der Waals surface area (Å²) in [7, 11) is 2.14. The zero-order valence-electron chi connectivity index (χ0n) is 19.5. The summed E-state index contributed by atoms with van der Waals surface area (Å²) >= 11 is 0. The number of alkyl halides is 3. The number of H-pyrrole nitrogens is 1. The molecule has 1 amide bonds. The standard InChI is InChI=1S/C25H28F3N5O2/c1-31-10-12-32(13-11-31)19-14-21-22(16-30-23(21)29-15-19)17-6-8-33(9-7-17)24(34)18-2-4-20(5-3-18)35-25(26,27)28/h2-5,14-17H,6-13H2,1H3,(H,29,30). The number of likely N-dealkylation sites (tertiary alicyclic amines) is 1. The average Bonchev–Trinajstić information content (AvgIpc) is 3.27. The fourth-order valence-corrected chi connectivity index (χ4v) is 4.96. The van der Waals surface area contributed by atoms with Crippen LogP contribution in [0.4, 0.5) is 18.9 Å². The van der Waals surface area contributed by atoms with Gasteiger partial charge in [0.1, 0.15) is 11.4 Å². The number of carbonyl (C=O) groups excluding carboxylic acids is 1. The lowest BCUT2D eigenvalue weighted by Gasteiger charge is -2.34. The van der Waals surface area contributed by atoms with Crippen LogP contribution in [0.5, 0.6) is 5.75 Å². The van der Waals surface area contributed by atoms with Gasteiger partial charge in [-0.05, 0) is 61.7 Å². The number of aromatic nitrogens is 2. The first-order valence-corrected chi connectivity index (χ1v) is 11.8. The lowest BCUT2D eigenvalue weighted by Crippen LogP contribution is -2.44. The van der Waals surface area contributed by atoms with Crippen LogP contribution in [0.15, 0.2) is 42.7 Å². The number of anilines is 1. The van der Waals surface area contributed by atoms with Crippen LogP contribution in [-0.2, 0) is 0 Å². The molecule has 2 fully saturated rings. The Balaban J connectivity index is 1.24. The molecule has 0 aliphatic carbocycles. The molecule has 2 aliphatic rings. The number of nitrogens with one attached hydrogen (secondary N) is 1. The molecule has 0 spiro atoms. The number of rotatable bonds is 4. The number of hydrogen-bond acceptors (Lipinski definition) is 5. The minimum Gasteiger partial charge on any atom is -0.406 e. The Bertz CT molecular complexity index is 1180. The molecule has 0 radical (unpaired) electrons. The lowest BCUT2D eigenvalue weighted by atomic mass is 9.89. The van der Waals surface area contributed by atoms with Gasteiger partial charge in [-0.2, -0.15) is 0 Å². The van der Waals surface area contributed by atoms with Gasteiger partial charge in [0.05, 0.1) is 11.9 Å². The number of amides is 1. The molecule has 1 aromatic carbocycles. The summed E-state index contributed by atoms with van der Waals surface area (Å²) < 4.78 is 41.0. The molecule has 3 aromatic rings. The first kappa shape index (κ1) is 23.5. The topological polar surface area (TPSA) is 64.7 Å². The summed E-state index contributed by atoms with van der Waals surface area (Å²) in [5.74, 6) is -0.212. The van der Waals surface area contributed by atoms with E-state index in [9.17, 15) is 18.0 Å². The van der Waals surface area contributed by atoms with E-state index in [0.29, 0.717) is 24.6 Å². The highest BCUT2D eigenvalue weighted by molar-refractivity contribution is 5.94. The second-order valence-corrected chi connectivity index (χ2v) is 9.26. The van der Waals surface area contributed by atoms with Crippen molar-refractivity contribution in [1.82, 2.24) is 19.8 Å². The fourth-order valence-electron chi connectivity index (χ4n) is 4.96. The molecule has 2 aromatic heterocycles. The first-order chi connectivity index (χ1) is 16.8. The zero-order chi connectivity index (χ0) is 24.6. The van der Waals surface area contributed by atoms with Gasteiger partial charge in [-0.15, -0.1) is 13.2 Å². The SMILES string of the molecule is CN1CCN(c2cnc3[nH]cc(C4CCN(C(=O)c5ccc(OC(F)(F)F)cc5)CC4)c3c2)CC1. The van der Waals surface area contributed by atoms with Crippen molar-refractivity contribution < 1.29 is 22.7 Å². The molecule has 186 valence electrons. The molecule has 5 rings (SSSR count). The van der Waals surface area contributed by atoms with Gasteiger partial charge in [0, 0.05) is 56.4 Å². The summed E-state index contributed by atoms with van der Waals surface area (Å²) in [6, 6.07) is 7.32. The molecule has 0 bridgehead atoms. The van der Waals surface area contributed by atoms with E-state index in [2.05, 4.69) is 37.6 Å². The third-order valence-electron chi connectivity index (χ3n) is 6.97. The van der Waals surface area contributed by atoms with E-state index in [1.54, 1.807) is 4.90 Å². The highest BCUT2D eigenvalue weighted by atomic mass is 19.4. The van der Waals surface area contributed by atoms with Crippen LogP contribution in [0.25, 0.3) is 11.0 Å². The van der Waals surface area contributed by atoms with Crippen molar-refractivity contribution in [3.05, 3.63) is 53.9 Å². The zero-order valence-corrected chi connectivity index (χ0v) is 19.5. The van der Waals surface area contributed by atoms with Crippen LogP contribution in [-0.4, -0.2) is 78.4 Å². The smallest absolute Gasteiger partial charge is 0.406 e. The van der Waals surface area contributed by atoms with Crippen molar-refractivity contribution in [2.24, 2.45) is 0 Å². The summed E-state index contributed by atoms with van der Waals surface area (Å²) in [6.45, 7) is 5.19. The number of likely N-dealkylation sites (N-methyl/N-ethyl adjacent to an activating group) is 1. The third kappa shape index (κ3) is 5.22. The molecule has 4 heterocycles. The molecule has 2 aliphatic heterocycles. The molecule has 0 unspecified atom stereocenters. The highest BCUT2D eigenvalue weighted by Gasteiger charge is 2.31. The molecule has 7 nitrogen and oxygen atoms in total. The lowest BCUT2D eigenvalue weighted by molar-refractivity contribution is -0.274. The number of piperidine rings is 1. The molecular formula is C25H28F3N5O2. The van der Waals surface area contributed by atoms with Gasteiger partial charge in [0.25, 0.3) is 5.91 Å². The van der Waals surface area contributed by atoms with Crippen LogP contribution in [0, 0.1) is 0 Å².